The maximum atomic E-state index is 12.2. The van der Waals surface area contributed by atoms with E-state index in [9.17, 15) is 14.5 Å². The summed E-state index contributed by atoms with van der Waals surface area (Å²) in [6.45, 7) is 9.12. The fourth-order valence-electron chi connectivity index (χ4n) is 0.874. The van der Waals surface area contributed by atoms with E-state index in [2.05, 4.69) is 0 Å². The zero-order valence-electron chi connectivity index (χ0n) is 12.1. The van der Waals surface area contributed by atoms with Crippen LogP contribution in [-0.2, 0) is 22.9 Å². The second-order valence-electron chi connectivity index (χ2n) is 5.50. The molecule has 0 saturated carbocycles. The summed E-state index contributed by atoms with van der Waals surface area (Å²) in [6, 6.07) is 0. The van der Waals surface area contributed by atoms with Crippen LogP contribution in [-0.4, -0.2) is 23.8 Å². The molecule has 0 unspecified atom stereocenters. The van der Waals surface area contributed by atoms with E-state index in [0.29, 0.717) is 0 Å². The molecular formula is C10H20KO6P. The Balaban J connectivity index is 0. The van der Waals surface area contributed by atoms with Crippen LogP contribution in [0.25, 0.3) is 0 Å². The number of carbonyl (C=O) groups excluding carboxylic acids is 1. The molecule has 0 saturated heterocycles. The van der Waals surface area contributed by atoms with Gasteiger partial charge in [0.15, 0.2) is 0 Å². The number of carboxylic acid groups (broad SMARTS) is 1. The van der Waals surface area contributed by atoms with Crippen molar-refractivity contribution in [2.75, 3.05) is 6.61 Å². The van der Waals surface area contributed by atoms with Crippen LogP contribution in [0.3, 0.4) is 0 Å². The number of carbonyl (C=O) groups is 1. The first-order valence-corrected chi connectivity index (χ1v) is 6.65. The number of phosphoric ester groups is 1. The summed E-state index contributed by atoms with van der Waals surface area (Å²) in [7, 11) is -3.94. The molecule has 0 aromatic carbocycles. The van der Waals surface area contributed by atoms with Crippen LogP contribution >= 0.6 is 7.82 Å². The Morgan fingerprint density at radius 2 is 1.39 bits per heavy atom. The summed E-state index contributed by atoms with van der Waals surface area (Å²) in [4.78, 5) is 10.3. The number of rotatable bonds is 5. The summed E-state index contributed by atoms with van der Waals surface area (Å²) >= 11 is 0. The van der Waals surface area contributed by atoms with Crippen molar-refractivity contribution in [1.29, 1.82) is 0 Å². The predicted octanol–water partition coefficient (Wildman–Crippen LogP) is -1.50. The molecule has 0 aliphatic heterocycles. The molecule has 0 atom stereocenters. The Morgan fingerprint density at radius 1 is 1.06 bits per heavy atom. The summed E-state index contributed by atoms with van der Waals surface area (Å²) in [5.41, 5.74) is -1.57. The van der Waals surface area contributed by atoms with Gasteiger partial charge in [-0.25, -0.2) is 4.57 Å². The molecule has 0 aromatic rings. The molecule has 0 heterocycles. The fraction of sp³-hybridized carbons (Fsp3) is 0.900. The van der Waals surface area contributed by atoms with Crippen molar-refractivity contribution in [2.24, 2.45) is 0 Å². The van der Waals surface area contributed by atoms with Gasteiger partial charge in [0.1, 0.15) is 0 Å². The molecule has 18 heavy (non-hydrogen) atoms. The molecule has 0 bridgehead atoms. The first kappa shape index (κ1) is 21.5. The summed E-state index contributed by atoms with van der Waals surface area (Å²) < 4.78 is 27.2. The van der Waals surface area contributed by atoms with E-state index in [1.807, 2.05) is 0 Å². The van der Waals surface area contributed by atoms with Gasteiger partial charge in [-0.05, 0) is 41.5 Å². The van der Waals surface area contributed by atoms with Crippen molar-refractivity contribution in [3.63, 3.8) is 0 Å². The maximum absolute atomic E-state index is 12.2. The van der Waals surface area contributed by atoms with Crippen LogP contribution in [0.5, 0.6) is 0 Å². The van der Waals surface area contributed by atoms with Gasteiger partial charge < -0.3 is 9.90 Å². The molecule has 0 aliphatic rings. The van der Waals surface area contributed by atoms with E-state index in [4.69, 9.17) is 13.6 Å². The van der Waals surface area contributed by atoms with Crippen LogP contribution in [0.1, 0.15) is 41.5 Å². The molecule has 0 N–H and O–H groups in total. The molecule has 0 rings (SSSR count). The summed E-state index contributed by atoms with van der Waals surface area (Å²) in [5, 5.41) is 10.3. The SMILES string of the molecule is CC(C)(C)OP(=O)(OCC(=O)[O-])OC(C)(C)C.[K+]. The molecule has 8 heteroatoms. The Kier molecular flexibility index (Phi) is 9.39. The van der Waals surface area contributed by atoms with Gasteiger partial charge in [0.2, 0.25) is 0 Å². The monoisotopic (exact) mass is 306 g/mol. The van der Waals surface area contributed by atoms with E-state index in [1.165, 1.54) is 0 Å². The van der Waals surface area contributed by atoms with Gasteiger partial charge in [0.25, 0.3) is 0 Å². The Hall–Kier alpha value is 1.22. The predicted molar refractivity (Wildman–Crippen MR) is 60.2 cm³/mol. The average molecular weight is 306 g/mol. The van der Waals surface area contributed by atoms with Gasteiger partial charge in [-0.3, -0.25) is 13.6 Å². The van der Waals surface area contributed by atoms with Crippen LogP contribution in [0.4, 0.5) is 0 Å². The number of aliphatic carboxylic acids is 1. The normalized spacial score (nSPS) is 13.0. The Labute approximate surface area is 151 Å². The van der Waals surface area contributed by atoms with Gasteiger partial charge in [0.05, 0.1) is 23.8 Å². The minimum absolute atomic E-state index is 0. The molecule has 6 nitrogen and oxygen atoms in total. The van der Waals surface area contributed by atoms with Crippen molar-refractivity contribution in [3.05, 3.63) is 0 Å². The molecule has 102 valence electrons. The number of hydrogen-bond acceptors (Lipinski definition) is 6. The molecule has 0 spiro atoms. The van der Waals surface area contributed by atoms with Crippen LogP contribution in [0, 0.1) is 0 Å². The fourth-order valence-corrected chi connectivity index (χ4v) is 2.62. The Bertz CT molecular complexity index is 297. The van der Waals surface area contributed by atoms with Gasteiger partial charge >= 0.3 is 59.2 Å². The maximum Gasteiger partial charge on any atom is 1.00 e. The minimum atomic E-state index is -3.94. The summed E-state index contributed by atoms with van der Waals surface area (Å²) in [5.74, 6) is -1.49. The third kappa shape index (κ3) is 12.3. The van der Waals surface area contributed by atoms with Crippen molar-refractivity contribution in [3.8, 4) is 0 Å². The molecule has 0 radical (unpaired) electrons. The summed E-state index contributed by atoms with van der Waals surface area (Å²) in [6.07, 6.45) is 0. The quantitative estimate of drug-likeness (QED) is 0.454. The first-order valence-electron chi connectivity index (χ1n) is 5.19. The van der Waals surface area contributed by atoms with E-state index in [0.717, 1.165) is 0 Å². The average Bonchev–Trinajstić information content (AvgIpc) is 1.93. The van der Waals surface area contributed by atoms with Gasteiger partial charge in [-0.2, -0.15) is 0 Å². The largest absolute Gasteiger partial charge is 1.00 e. The van der Waals surface area contributed by atoms with E-state index >= 15 is 0 Å². The van der Waals surface area contributed by atoms with Crippen molar-refractivity contribution in [2.45, 2.75) is 52.7 Å². The van der Waals surface area contributed by atoms with Crippen molar-refractivity contribution < 1.29 is 79.4 Å². The number of hydrogen-bond donors (Lipinski definition) is 0. The van der Waals surface area contributed by atoms with E-state index < -0.39 is 31.6 Å². The van der Waals surface area contributed by atoms with Gasteiger partial charge in [0, 0.05) is 0 Å². The number of carboxylic acids is 1. The van der Waals surface area contributed by atoms with Crippen molar-refractivity contribution in [1.82, 2.24) is 0 Å². The molecule has 0 fully saturated rings. The van der Waals surface area contributed by atoms with Gasteiger partial charge in [-0.1, -0.05) is 0 Å². The van der Waals surface area contributed by atoms with Crippen molar-refractivity contribution >= 4 is 13.8 Å². The Morgan fingerprint density at radius 3 is 1.61 bits per heavy atom. The minimum Gasteiger partial charge on any atom is -0.548 e. The standard InChI is InChI=1S/C10H21O6P.K/c1-9(2,3)15-17(13,14-7-8(11)12)16-10(4,5)6;/h7H2,1-6H3,(H,11,12);/q;+1/p-1. The third-order valence-electron chi connectivity index (χ3n) is 1.11. The zero-order valence-corrected chi connectivity index (χ0v) is 16.1. The smallest absolute Gasteiger partial charge is 0.548 e. The van der Waals surface area contributed by atoms with Gasteiger partial charge in [-0.15, -0.1) is 0 Å². The second kappa shape index (κ2) is 7.86. The van der Waals surface area contributed by atoms with Crippen LogP contribution in [0.2, 0.25) is 0 Å². The topological polar surface area (TPSA) is 84.9 Å². The second-order valence-corrected chi connectivity index (χ2v) is 7.02. The zero-order chi connectivity index (χ0) is 13.9. The number of phosphoric acid groups is 1. The van der Waals surface area contributed by atoms with Crippen LogP contribution < -0.4 is 56.5 Å². The first-order chi connectivity index (χ1) is 7.33. The van der Waals surface area contributed by atoms with E-state index in [-0.39, 0.29) is 51.4 Å². The molecule has 0 aromatic heterocycles. The third-order valence-corrected chi connectivity index (χ3v) is 3.10. The molecule has 0 amide bonds. The molecule has 0 aliphatic carbocycles. The van der Waals surface area contributed by atoms with E-state index in [1.54, 1.807) is 41.5 Å². The van der Waals surface area contributed by atoms with Crippen LogP contribution in [0.15, 0.2) is 0 Å². The molecular weight excluding hydrogens is 286 g/mol.